The standard InChI is InChI=1S/3O.Sn.Ti. The molecular formula is O3SnTi. The Labute approximate surface area is 47.1 Å². The summed E-state index contributed by atoms with van der Waals surface area (Å²) >= 11 is -3.24. The molecule has 1 aliphatic rings. The molecule has 3 nitrogen and oxygen atoms in total. The Bertz CT molecular complexity index is 53.9. The number of rotatable bonds is 0. The van der Waals surface area contributed by atoms with E-state index in [4.69, 9.17) is 0 Å². The normalized spacial score (nSPS) is 22.0. The zero-order chi connectivity index (χ0) is 3.70. The van der Waals surface area contributed by atoms with Crippen molar-refractivity contribution in [3.63, 3.8) is 0 Å². The Morgan fingerprint density at radius 3 is 2.00 bits per heavy atom. The molecule has 0 atom stereocenters. The van der Waals surface area contributed by atoms with Gasteiger partial charge >= 0.3 is 47.2 Å². The second-order valence-electron chi connectivity index (χ2n) is 0.537. The fourth-order valence-corrected chi connectivity index (χ4v) is 2.09. The molecule has 0 saturated carbocycles. The average Bonchev–Trinajstić information content (AvgIpc) is 1.30. The van der Waals surface area contributed by atoms with Gasteiger partial charge in [-0.2, -0.15) is 0 Å². The summed E-state index contributed by atoms with van der Waals surface area (Å²) in [4.78, 5) is 0. The fourth-order valence-electron chi connectivity index (χ4n) is 0.0757. The van der Waals surface area contributed by atoms with Gasteiger partial charge < -0.3 is 0 Å². The van der Waals surface area contributed by atoms with E-state index in [1.807, 2.05) is 0 Å². The SMILES string of the molecule is [O]=[Ti]1[O][Sn][O]1. The Morgan fingerprint density at radius 2 is 2.00 bits per heavy atom. The Balaban J connectivity index is 2.32. The quantitative estimate of drug-likeness (QED) is 0.504. The second-order valence-corrected chi connectivity index (χ2v) is 7.24. The van der Waals surface area contributed by atoms with E-state index >= 15 is 0 Å². The van der Waals surface area contributed by atoms with Crippen LogP contribution in [0.5, 0.6) is 0 Å². The average molecular weight is 215 g/mol. The van der Waals surface area contributed by atoms with Crippen molar-refractivity contribution in [2.24, 2.45) is 0 Å². The predicted molar refractivity (Wildman–Crippen MR) is 8.61 cm³/mol. The van der Waals surface area contributed by atoms with E-state index in [-0.39, 0.29) is 0 Å². The number of hydrogen-bond acceptors (Lipinski definition) is 3. The van der Waals surface area contributed by atoms with Crippen molar-refractivity contribution in [2.75, 3.05) is 0 Å². The van der Waals surface area contributed by atoms with Gasteiger partial charge in [0.05, 0.1) is 0 Å². The summed E-state index contributed by atoms with van der Waals surface area (Å²) in [7, 11) is 0. The van der Waals surface area contributed by atoms with Crippen molar-refractivity contribution < 1.29 is 25.3 Å². The van der Waals surface area contributed by atoms with E-state index in [0.29, 0.717) is 0 Å². The molecule has 0 aromatic heterocycles. The van der Waals surface area contributed by atoms with Gasteiger partial charge in [0.1, 0.15) is 0 Å². The summed E-state index contributed by atoms with van der Waals surface area (Å²) in [5.41, 5.74) is 0. The van der Waals surface area contributed by atoms with Crippen molar-refractivity contribution in [1.82, 2.24) is 0 Å². The predicted octanol–water partition coefficient (Wildman–Crippen LogP) is -0.639. The summed E-state index contributed by atoms with van der Waals surface area (Å²) in [5.74, 6) is 0. The van der Waals surface area contributed by atoms with Gasteiger partial charge in [0.2, 0.25) is 0 Å². The third-order valence-corrected chi connectivity index (χ3v) is 6.91. The Hall–Kier alpha value is 1.23. The van der Waals surface area contributed by atoms with Gasteiger partial charge in [-0.1, -0.05) is 0 Å². The summed E-state index contributed by atoms with van der Waals surface area (Å²) in [6.07, 6.45) is 0. The zero-order valence-corrected chi connectivity index (χ0v) is 6.64. The molecule has 0 amide bonds. The van der Waals surface area contributed by atoms with Crippen molar-refractivity contribution in [3.05, 3.63) is 0 Å². The van der Waals surface area contributed by atoms with Gasteiger partial charge in [-0.15, -0.1) is 0 Å². The maximum atomic E-state index is 9.75. The molecule has 1 aliphatic heterocycles. The molecule has 5 heteroatoms. The summed E-state index contributed by atoms with van der Waals surface area (Å²) in [5, 5.41) is 0. The topological polar surface area (TPSA) is 35.5 Å². The van der Waals surface area contributed by atoms with Crippen molar-refractivity contribution in [1.29, 1.82) is 0 Å². The monoisotopic (exact) mass is 216 g/mol. The first-order valence-electron chi connectivity index (χ1n) is 1.02. The van der Waals surface area contributed by atoms with E-state index < -0.39 is 40.6 Å². The molecule has 1 rings (SSSR count). The van der Waals surface area contributed by atoms with E-state index in [1.165, 1.54) is 0 Å². The summed E-state index contributed by atoms with van der Waals surface area (Å²) < 4.78 is 18.7. The van der Waals surface area contributed by atoms with Crippen LogP contribution in [0, 0.1) is 0 Å². The van der Waals surface area contributed by atoms with Crippen LogP contribution in [0.15, 0.2) is 0 Å². The van der Waals surface area contributed by atoms with Crippen LogP contribution >= 0.6 is 0 Å². The van der Waals surface area contributed by atoms with Gasteiger partial charge in [-0.3, -0.25) is 0 Å². The molecule has 0 bridgehead atoms. The van der Waals surface area contributed by atoms with Gasteiger partial charge in [-0.25, -0.2) is 0 Å². The van der Waals surface area contributed by atoms with Crippen molar-refractivity contribution in [3.8, 4) is 0 Å². The summed E-state index contributed by atoms with van der Waals surface area (Å²) in [6, 6.07) is 0. The Kier molecular flexibility index (Phi) is 1.57. The first kappa shape index (κ1) is 4.39. The van der Waals surface area contributed by atoms with Crippen LogP contribution in [0.4, 0.5) is 0 Å². The molecular weight excluding hydrogens is 215 g/mol. The molecule has 0 aliphatic carbocycles. The molecule has 5 heavy (non-hydrogen) atoms. The van der Waals surface area contributed by atoms with Crippen LogP contribution in [0.25, 0.3) is 0 Å². The van der Waals surface area contributed by atoms with E-state index in [0.717, 1.165) is 0 Å². The minimum absolute atomic E-state index is 0.889. The first-order valence-corrected chi connectivity index (χ1v) is 5.26. The molecule has 0 aromatic carbocycles. The van der Waals surface area contributed by atoms with E-state index in [1.54, 1.807) is 0 Å². The van der Waals surface area contributed by atoms with Gasteiger partial charge in [0.15, 0.2) is 0 Å². The zero-order valence-electron chi connectivity index (χ0n) is 2.22. The Morgan fingerprint density at radius 1 is 1.60 bits per heavy atom. The van der Waals surface area contributed by atoms with Crippen LogP contribution in [-0.2, 0) is 25.3 Å². The fraction of sp³-hybridized carbons (Fsp3) is 0. The van der Waals surface area contributed by atoms with Crippen molar-refractivity contribution >= 4 is 22.0 Å². The number of hydrogen-bond donors (Lipinski definition) is 0. The van der Waals surface area contributed by atoms with Crippen LogP contribution in [0.1, 0.15) is 0 Å². The van der Waals surface area contributed by atoms with Crippen LogP contribution < -0.4 is 0 Å². The molecule has 0 spiro atoms. The van der Waals surface area contributed by atoms with Gasteiger partial charge in [0.25, 0.3) is 0 Å². The van der Waals surface area contributed by atoms with Crippen LogP contribution in [-0.4, -0.2) is 22.0 Å². The molecule has 0 aromatic rings. The minimum atomic E-state index is -2.35. The van der Waals surface area contributed by atoms with Gasteiger partial charge in [0, 0.05) is 0 Å². The maximum absolute atomic E-state index is 9.75. The van der Waals surface area contributed by atoms with E-state index in [2.05, 4.69) is 3.31 Å². The third kappa shape index (κ3) is 1.05. The molecule has 0 N–H and O–H groups in total. The second kappa shape index (κ2) is 1.79. The third-order valence-electron chi connectivity index (χ3n) is 0.250. The van der Waals surface area contributed by atoms with E-state index in [9.17, 15) is 3.32 Å². The summed E-state index contributed by atoms with van der Waals surface area (Å²) in [6.45, 7) is 0. The van der Waals surface area contributed by atoms with Crippen molar-refractivity contribution in [2.45, 2.75) is 0 Å². The molecule has 26 valence electrons. The molecule has 1 saturated heterocycles. The molecule has 1 fully saturated rings. The van der Waals surface area contributed by atoms with Crippen LogP contribution in [0.2, 0.25) is 0 Å². The van der Waals surface area contributed by atoms with Crippen LogP contribution in [0.3, 0.4) is 0 Å². The molecule has 0 unspecified atom stereocenters. The first-order chi connectivity index (χ1) is 2.39. The molecule has 1 heterocycles. The van der Waals surface area contributed by atoms with Gasteiger partial charge in [-0.05, 0) is 0 Å². The molecule has 2 radical (unpaired) electrons.